The molecule has 34 heavy (non-hydrogen) atoms. The Balaban J connectivity index is 1.65. The van der Waals surface area contributed by atoms with E-state index < -0.39 is 0 Å². The minimum absolute atomic E-state index is 0.133. The summed E-state index contributed by atoms with van der Waals surface area (Å²) in [5.41, 5.74) is 4.41. The Morgan fingerprint density at radius 1 is 0.912 bits per heavy atom. The van der Waals surface area contributed by atoms with Crippen molar-refractivity contribution in [3.05, 3.63) is 107 Å². The van der Waals surface area contributed by atoms with Gasteiger partial charge in [-0.15, -0.1) is 0 Å². The van der Waals surface area contributed by atoms with Crippen LogP contribution in [-0.4, -0.2) is 5.66 Å². The van der Waals surface area contributed by atoms with Crippen LogP contribution in [-0.2, 0) is 0 Å². The van der Waals surface area contributed by atoms with E-state index in [1.165, 1.54) is 12.0 Å². The normalized spacial score (nSPS) is 24.4. The van der Waals surface area contributed by atoms with Crippen LogP contribution in [0, 0.1) is 28.6 Å². The first-order chi connectivity index (χ1) is 16.7. The van der Waals surface area contributed by atoms with Gasteiger partial charge in [-0.3, -0.25) is 4.99 Å². The van der Waals surface area contributed by atoms with Gasteiger partial charge in [0.1, 0.15) is 23.4 Å². The quantitative estimate of drug-likeness (QED) is 0.560. The molecule has 3 aromatic carbocycles. The summed E-state index contributed by atoms with van der Waals surface area (Å²) in [5, 5.41) is 20.6. The van der Waals surface area contributed by atoms with E-state index in [4.69, 9.17) is 4.99 Å². The third-order valence-corrected chi connectivity index (χ3v) is 7.60. The van der Waals surface area contributed by atoms with E-state index >= 15 is 0 Å². The highest BCUT2D eigenvalue weighted by atomic mass is 15.4. The predicted octanol–water partition coefficient (Wildman–Crippen LogP) is 5.05. The first kappa shape index (κ1) is 20.5. The molecule has 0 aromatic heterocycles. The van der Waals surface area contributed by atoms with E-state index in [9.17, 15) is 10.5 Å². The number of hydrogen-bond acceptors (Lipinski definition) is 4. The number of allylic oxidation sites excluding steroid dienone is 1. The van der Waals surface area contributed by atoms with Crippen molar-refractivity contribution in [1.29, 1.82) is 10.5 Å². The number of anilines is 1. The molecule has 0 unspecified atom stereocenters. The van der Waals surface area contributed by atoms with Gasteiger partial charge in [-0.1, -0.05) is 79.2 Å². The van der Waals surface area contributed by atoms with Crippen LogP contribution in [0.15, 0.2) is 89.9 Å². The molecule has 0 saturated heterocycles. The Kier molecular flexibility index (Phi) is 4.82. The van der Waals surface area contributed by atoms with Crippen LogP contribution in [0.1, 0.15) is 42.7 Å². The lowest BCUT2D eigenvalue weighted by atomic mass is 9.66. The van der Waals surface area contributed by atoms with E-state index in [1.807, 2.05) is 36.4 Å². The van der Waals surface area contributed by atoms with Crippen molar-refractivity contribution < 1.29 is 0 Å². The zero-order valence-electron chi connectivity index (χ0n) is 18.9. The largest absolute Gasteiger partial charge is 0.314 e. The molecule has 3 atom stereocenters. The summed E-state index contributed by atoms with van der Waals surface area (Å²) < 4.78 is 0. The molecule has 2 heterocycles. The number of nitriles is 2. The van der Waals surface area contributed by atoms with E-state index in [0.29, 0.717) is 11.1 Å². The summed E-state index contributed by atoms with van der Waals surface area (Å²) in [7, 11) is 0. The fraction of sp³-hybridized carbons (Fsp3) is 0.233. The van der Waals surface area contributed by atoms with Crippen molar-refractivity contribution in [2.24, 2.45) is 10.9 Å². The van der Waals surface area contributed by atoms with Crippen molar-refractivity contribution in [3.63, 3.8) is 0 Å². The molecule has 1 aliphatic carbocycles. The first-order valence-electron chi connectivity index (χ1n) is 11.9. The molecular weight excluding hydrogens is 416 g/mol. The fourth-order valence-electron chi connectivity index (χ4n) is 6.16. The minimum Gasteiger partial charge on any atom is -0.314 e. The second-order valence-corrected chi connectivity index (χ2v) is 9.33. The topological polar surface area (TPSA) is 63.2 Å². The Bertz CT molecular complexity index is 1480. The van der Waals surface area contributed by atoms with Gasteiger partial charge in [0.2, 0.25) is 0 Å². The molecule has 0 N–H and O–H groups in total. The second kappa shape index (κ2) is 8.01. The zero-order chi connectivity index (χ0) is 23.1. The molecule has 1 spiro atoms. The van der Waals surface area contributed by atoms with Crippen LogP contribution >= 0.6 is 0 Å². The summed E-state index contributed by atoms with van der Waals surface area (Å²) >= 11 is 0. The van der Waals surface area contributed by atoms with Gasteiger partial charge < -0.3 is 4.90 Å². The van der Waals surface area contributed by atoms with Crippen molar-refractivity contribution in [2.45, 2.75) is 37.3 Å². The smallest absolute Gasteiger partial charge is 0.140 e. The molecular formula is C30H24N4. The van der Waals surface area contributed by atoms with Gasteiger partial charge in [0.25, 0.3) is 0 Å². The molecule has 4 heteroatoms. The van der Waals surface area contributed by atoms with Crippen LogP contribution in [0.2, 0.25) is 0 Å². The van der Waals surface area contributed by atoms with Gasteiger partial charge in [-0.2, -0.15) is 10.5 Å². The standard InChI is InChI=1S/C30H24N4/c31-19-24(20-32)23-14-15-27-29(17-23)34-28(22-11-5-2-6-12-22)18-25(21-9-3-1-4-10-21)26-13-7-8-16-30(26,34)33-27/h1-6,9-12,14-15,17-18,25-26H,7-8,13,16H2/t25-,26-,30-/m1/s1. The first-order valence-corrected chi connectivity index (χ1v) is 11.9. The summed E-state index contributed by atoms with van der Waals surface area (Å²) in [6.07, 6.45) is 6.87. The molecule has 0 amide bonds. The van der Waals surface area contributed by atoms with Crippen molar-refractivity contribution in [3.8, 4) is 12.1 Å². The van der Waals surface area contributed by atoms with Crippen molar-refractivity contribution in [1.82, 2.24) is 0 Å². The number of fused-ring (bicyclic) bond motifs is 2. The van der Waals surface area contributed by atoms with Crippen LogP contribution in [0.4, 0.5) is 5.69 Å². The van der Waals surface area contributed by atoms with Gasteiger partial charge in [0.15, 0.2) is 0 Å². The highest BCUT2D eigenvalue weighted by Gasteiger charge is 2.55. The second-order valence-electron chi connectivity index (χ2n) is 9.33. The lowest BCUT2D eigenvalue weighted by Crippen LogP contribution is -2.55. The molecule has 1 saturated carbocycles. The number of hydrogen-bond donors (Lipinski definition) is 0. The highest BCUT2D eigenvalue weighted by Crippen LogP contribution is 2.55. The van der Waals surface area contributed by atoms with Crippen LogP contribution in [0.5, 0.6) is 0 Å². The zero-order valence-corrected chi connectivity index (χ0v) is 18.9. The average molecular weight is 441 g/mol. The van der Waals surface area contributed by atoms with E-state index in [2.05, 4.69) is 65.6 Å². The van der Waals surface area contributed by atoms with E-state index in [0.717, 1.165) is 41.6 Å². The van der Waals surface area contributed by atoms with Gasteiger partial charge >= 0.3 is 0 Å². The Morgan fingerprint density at radius 3 is 2.38 bits per heavy atom. The third-order valence-electron chi connectivity index (χ3n) is 7.60. The Labute approximate surface area is 199 Å². The SMILES string of the molecule is N#CC(C#N)=c1ccc2c(c1)N1C(c3ccccc3)=C[C@H](c3ccccc3)[C@H]3CCCC[C@]31N=2. The minimum atomic E-state index is -0.362. The maximum absolute atomic E-state index is 9.48. The Hall–Kier alpha value is -4.15. The van der Waals surface area contributed by atoms with Gasteiger partial charge in [-0.05, 0) is 42.5 Å². The van der Waals surface area contributed by atoms with Crippen LogP contribution in [0.25, 0.3) is 11.3 Å². The van der Waals surface area contributed by atoms with Gasteiger partial charge in [-0.25, -0.2) is 0 Å². The summed E-state index contributed by atoms with van der Waals surface area (Å²) in [6, 6.07) is 31.3. The lowest BCUT2D eigenvalue weighted by Gasteiger charge is -2.53. The molecule has 4 nitrogen and oxygen atoms in total. The molecule has 3 aliphatic rings. The number of benzene rings is 3. The molecule has 6 rings (SSSR count). The Morgan fingerprint density at radius 2 is 1.65 bits per heavy atom. The predicted molar refractivity (Wildman–Crippen MR) is 133 cm³/mol. The number of nitrogens with zero attached hydrogens (tertiary/aromatic N) is 4. The molecule has 0 bridgehead atoms. The van der Waals surface area contributed by atoms with Crippen LogP contribution < -0.4 is 15.5 Å². The third kappa shape index (κ3) is 3.00. The summed E-state index contributed by atoms with van der Waals surface area (Å²) in [4.78, 5) is 7.87. The molecule has 0 radical (unpaired) electrons. The number of rotatable bonds is 2. The van der Waals surface area contributed by atoms with Gasteiger partial charge in [0.05, 0.1) is 11.0 Å². The molecule has 3 aromatic rings. The van der Waals surface area contributed by atoms with Crippen LogP contribution in [0.3, 0.4) is 0 Å². The molecule has 164 valence electrons. The van der Waals surface area contributed by atoms with E-state index in [1.54, 1.807) is 0 Å². The summed E-state index contributed by atoms with van der Waals surface area (Å²) in [5.74, 6) is 0.619. The highest BCUT2D eigenvalue weighted by molar-refractivity contribution is 5.85. The molecule has 1 fully saturated rings. The maximum Gasteiger partial charge on any atom is 0.140 e. The van der Waals surface area contributed by atoms with Gasteiger partial charge in [0, 0.05) is 22.8 Å². The van der Waals surface area contributed by atoms with E-state index in [-0.39, 0.29) is 17.2 Å². The average Bonchev–Trinajstić information content (AvgIpc) is 3.22. The van der Waals surface area contributed by atoms with Crippen molar-refractivity contribution in [2.75, 3.05) is 4.90 Å². The fourth-order valence-corrected chi connectivity index (χ4v) is 6.16. The molecule has 2 aliphatic heterocycles. The maximum atomic E-state index is 9.48. The lowest BCUT2D eigenvalue weighted by molar-refractivity contribution is 0.176. The summed E-state index contributed by atoms with van der Waals surface area (Å²) in [6.45, 7) is 0. The van der Waals surface area contributed by atoms with Crippen molar-refractivity contribution >= 4 is 17.0 Å². The monoisotopic (exact) mass is 440 g/mol.